The van der Waals surface area contributed by atoms with E-state index < -0.39 is 0 Å². The Morgan fingerprint density at radius 2 is 2.17 bits per heavy atom. The first-order valence-corrected chi connectivity index (χ1v) is 6.51. The molecule has 1 aromatic carbocycles. The van der Waals surface area contributed by atoms with Gasteiger partial charge in [-0.3, -0.25) is 4.79 Å². The molecule has 1 amide bonds. The molecule has 2 rings (SSSR count). The number of nitrogens with one attached hydrogen (secondary N) is 1. The highest BCUT2D eigenvalue weighted by molar-refractivity contribution is 9.10. The molecule has 0 unspecified atom stereocenters. The molecule has 1 N–H and O–H groups in total. The molecule has 0 spiro atoms. The Morgan fingerprint density at radius 3 is 2.89 bits per heavy atom. The van der Waals surface area contributed by atoms with Crippen molar-refractivity contribution in [3.63, 3.8) is 0 Å². The molecule has 94 valence electrons. The lowest BCUT2D eigenvalue weighted by Crippen LogP contribution is -2.28. The molecule has 2 aromatic rings. The summed E-state index contributed by atoms with van der Waals surface area (Å²) in [5.41, 5.74) is 0.808. The lowest BCUT2D eigenvalue weighted by Gasteiger charge is -2.03. The van der Waals surface area contributed by atoms with Gasteiger partial charge >= 0.3 is 0 Å². The molecule has 0 saturated carbocycles. The first-order valence-electron chi connectivity index (χ1n) is 5.72. The van der Waals surface area contributed by atoms with Gasteiger partial charge in [-0.15, -0.1) is 0 Å². The second-order valence-corrected chi connectivity index (χ2v) is 5.24. The number of amides is 1. The Labute approximate surface area is 114 Å². The number of halogens is 1. The number of carbonyl (C=O) groups excluding carboxylic acids is 1. The van der Waals surface area contributed by atoms with Crippen LogP contribution in [0.1, 0.15) is 19.6 Å². The van der Waals surface area contributed by atoms with E-state index >= 15 is 0 Å². The van der Waals surface area contributed by atoms with E-state index in [1.165, 1.54) is 6.08 Å². The Kier molecular flexibility index (Phi) is 3.87. The van der Waals surface area contributed by atoms with Gasteiger partial charge in [0.25, 0.3) is 0 Å². The van der Waals surface area contributed by atoms with Crippen LogP contribution in [0, 0.1) is 0 Å². The molecular formula is C14H14BrNO2. The van der Waals surface area contributed by atoms with Gasteiger partial charge < -0.3 is 9.73 Å². The zero-order valence-corrected chi connectivity index (χ0v) is 11.8. The van der Waals surface area contributed by atoms with Gasteiger partial charge in [-0.1, -0.05) is 15.9 Å². The van der Waals surface area contributed by atoms with Crippen LogP contribution in [-0.4, -0.2) is 11.9 Å². The van der Waals surface area contributed by atoms with Gasteiger partial charge in [-0.25, -0.2) is 0 Å². The highest BCUT2D eigenvalue weighted by atomic mass is 79.9. The summed E-state index contributed by atoms with van der Waals surface area (Å²) in [5.74, 6) is 0.550. The van der Waals surface area contributed by atoms with E-state index in [4.69, 9.17) is 4.42 Å². The molecule has 0 aliphatic carbocycles. The van der Waals surface area contributed by atoms with E-state index in [1.807, 2.05) is 38.1 Å². The maximum absolute atomic E-state index is 11.4. The van der Waals surface area contributed by atoms with Gasteiger partial charge in [-0.2, -0.15) is 0 Å². The van der Waals surface area contributed by atoms with E-state index in [9.17, 15) is 4.79 Å². The van der Waals surface area contributed by atoms with Crippen LogP contribution in [-0.2, 0) is 4.79 Å². The molecule has 1 aromatic heterocycles. The van der Waals surface area contributed by atoms with E-state index in [0.717, 1.165) is 15.4 Å². The predicted octanol–water partition coefficient (Wildman–Crippen LogP) is 3.73. The third-order valence-electron chi connectivity index (χ3n) is 2.33. The van der Waals surface area contributed by atoms with Crippen molar-refractivity contribution < 1.29 is 9.21 Å². The number of fused-ring (bicyclic) bond motifs is 1. The fraction of sp³-hybridized carbons (Fsp3) is 0.214. The number of furan rings is 1. The monoisotopic (exact) mass is 307 g/mol. The summed E-state index contributed by atoms with van der Waals surface area (Å²) in [6.07, 6.45) is 3.15. The summed E-state index contributed by atoms with van der Waals surface area (Å²) in [4.78, 5) is 11.4. The van der Waals surface area contributed by atoms with Crippen molar-refractivity contribution >= 4 is 38.9 Å². The van der Waals surface area contributed by atoms with Crippen LogP contribution in [0.3, 0.4) is 0 Å². The summed E-state index contributed by atoms with van der Waals surface area (Å²) < 4.78 is 6.59. The molecule has 0 aliphatic heterocycles. The van der Waals surface area contributed by atoms with Crippen LogP contribution in [0.2, 0.25) is 0 Å². The van der Waals surface area contributed by atoms with Crippen molar-refractivity contribution in [1.29, 1.82) is 0 Å². The number of rotatable bonds is 3. The van der Waals surface area contributed by atoms with Crippen LogP contribution >= 0.6 is 15.9 Å². The second kappa shape index (κ2) is 5.40. The van der Waals surface area contributed by atoms with Crippen molar-refractivity contribution in [1.82, 2.24) is 5.32 Å². The van der Waals surface area contributed by atoms with Gasteiger partial charge in [0.05, 0.1) is 0 Å². The van der Waals surface area contributed by atoms with E-state index in [1.54, 1.807) is 6.08 Å². The van der Waals surface area contributed by atoms with Gasteiger partial charge in [0.2, 0.25) is 5.91 Å². The van der Waals surface area contributed by atoms with E-state index in [0.29, 0.717) is 5.76 Å². The average molecular weight is 308 g/mol. The smallest absolute Gasteiger partial charge is 0.244 e. The first kappa shape index (κ1) is 12.9. The minimum Gasteiger partial charge on any atom is -0.457 e. The molecule has 0 bridgehead atoms. The zero-order valence-electron chi connectivity index (χ0n) is 10.2. The number of carbonyl (C=O) groups is 1. The SMILES string of the molecule is CC(C)NC(=O)/C=C/c1cc2cc(Br)ccc2o1. The quantitative estimate of drug-likeness (QED) is 0.878. The van der Waals surface area contributed by atoms with Crippen molar-refractivity contribution in [2.24, 2.45) is 0 Å². The number of hydrogen-bond donors (Lipinski definition) is 1. The lowest BCUT2D eigenvalue weighted by atomic mass is 10.2. The molecule has 0 fully saturated rings. The van der Waals surface area contributed by atoms with Crippen molar-refractivity contribution in [2.45, 2.75) is 19.9 Å². The fourth-order valence-electron chi connectivity index (χ4n) is 1.61. The normalized spacial score (nSPS) is 11.6. The minimum atomic E-state index is -0.119. The maximum atomic E-state index is 11.4. The molecular weight excluding hydrogens is 294 g/mol. The number of hydrogen-bond acceptors (Lipinski definition) is 2. The summed E-state index contributed by atoms with van der Waals surface area (Å²) in [6.45, 7) is 3.84. The highest BCUT2D eigenvalue weighted by Crippen LogP contribution is 2.23. The minimum absolute atomic E-state index is 0.119. The summed E-state index contributed by atoms with van der Waals surface area (Å²) >= 11 is 3.41. The van der Waals surface area contributed by atoms with Crippen LogP contribution in [0.4, 0.5) is 0 Å². The summed E-state index contributed by atoms with van der Waals surface area (Å²) in [5, 5.41) is 3.79. The molecule has 0 radical (unpaired) electrons. The van der Waals surface area contributed by atoms with Crippen LogP contribution in [0.25, 0.3) is 17.0 Å². The van der Waals surface area contributed by atoms with Gasteiger partial charge in [0.1, 0.15) is 11.3 Å². The molecule has 4 heteroatoms. The molecule has 0 atom stereocenters. The van der Waals surface area contributed by atoms with Crippen molar-refractivity contribution in [3.8, 4) is 0 Å². The number of benzene rings is 1. The van der Waals surface area contributed by atoms with Crippen molar-refractivity contribution in [2.75, 3.05) is 0 Å². The Morgan fingerprint density at radius 1 is 1.39 bits per heavy atom. The van der Waals surface area contributed by atoms with Crippen LogP contribution < -0.4 is 5.32 Å². The largest absolute Gasteiger partial charge is 0.457 e. The first-order chi connectivity index (χ1) is 8.54. The van der Waals surface area contributed by atoms with Crippen LogP contribution in [0.5, 0.6) is 0 Å². The molecule has 0 saturated heterocycles. The van der Waals surface area contributed by atoms with Crippen LogP contribution in [0.15, 0.2) is 39.2 Å². The second-order valence-electron chi connectivity index (χ2n) is 4.33. The third-order valence-corrected chi connectivity index (χ3v) is 2.82. The zero-order chi connectivity index (χ0) is 13.1. The fourth-order valence-corrected chi connectivity index (χ4v) is 1.99. The van der Waals surface area contributed by atoms with Gasteiger partial charge in [0, 0.05) is 22.0 Å². The average Bonchev–Trinajstić information content (AvgIpc) is 2.67. The summed E-state index contributed by atoms with van der Waals surface area (Å²) in [7, 11) is 0. The van der Waals surface area contributed by atoms with Gasteiger partial charge in [0.15, 0.2) is 0 Å². The van der Waals surface area contributed by atoms with E-state index in [2.05, 4.69) is 21.2 Å². The Bertz CT molecular complexity index is 599. The Hall–Kier alpha value is -1.55. The molecule has 0 aliphatic rings. The molecule has 1 heterocycles. The molecule has 18 heavy (non-hydrogen) atoms. The third kappa shape index (κ3) is 3.23. The summed E-state index contributed by atoms with van der Waals surface area (Å²) in [6, 6.07) is 7.83. The topological polar surface area (TPSA) is 42.2 Å². The van der Waals surface area contributed by atoms with Crippen molar-refractivity contribution in [3.05, 3.63) is 40.6 Å². The standard InChI is InChI=1S/C14H14BrNO2/c1-9(2)16-14(17)6-4-12-8-10-7-11(15)3-5-13(10)18-12/h3-9H,1-2H3,(H,16,17)/b6-4+. The molecule has 3 nitrogen and oxygen atoms in total. The maximum Gasteiger partial charge on any atom is 0.244 e. The lowest BCUT2D eigenvalue weighted by molar-refractivity contribution is -0.116. The van der Waals surface area contributed by atoms with Gasteiger partial charge in [-0.05, 0) is 44.2 Å². The highest BCUT2D eigenvalue weighted by Gasteiger charge is 2.03. The Balaban J connectivity index is 2.17. The predicted molar refractivity (Wildman–Crippen MR) is 76.2 cm³/mol. The van der Waals surface area contributed by atoms with E-state index in [-0.39, 0.29) is 11.9 Å².